The molecule has 26 heavy (non-hydrogen) atoms. The summed E-state index contributed by atoms with van der Waals surface area (Å²) in [5.41, 5.74) is 4.71. The molecular formula is C21H17BrN2O2. The second kappa shape index (κ2) is 5.81. The number of rotatable bonds is 1. The van der Waals surface area contributed by atoms with Crippen LogP contribution in [0.1, 0.15) is 27.0 Å². The molecule has 2 aliphatic rings. The SMILES string of the molecule is O=C(c1cn2c3c(cc(Br)cc3c1=O)CC2)N1CCc2ccccc2C1. The van der Waals surface area contributed by atoms with E-state index in [2.05, 4.69) is 38.7 Å². The van der Waals surface area contributed by atoms with E-state index in [1.165, 1.54) is 11.1 Å². The molecule has 5 rings (SSSR count). The number of aryl methyl sites for hydroxylation is 2. The largest absolute Gasteiger partial charge is 0.346 e. The van der Waals surface area contributed by atoms with E-state index in [1.54, 1.807) is 11.1 Å². The number of benzene rings is 2. The van der Waals surface area contributed by atoms with E-state index >= 15 is 0 Å². The highest BCUT2D eigenvalue weighted by molar-refractivity contribution is 9.10. The maximum atomic E-state index is 13.1. The van der Waals surface area contributed by atoms with Gasteiger partial charge in [-0.1, -0.05) is 40.2 Å². The van der Waals surface area contributed by atoms with Gasteiger partial charge in [0.05, 0.1) is 5.52 Å². The molecule has 130 valence electrons. The predicted molar refractivity (Wildman–Crippen MR) is 104 cm³/mol. The molecule has 0 aliphatic carbocycles. The van der Waals surface area contributed by atoms with Crippen molar-refractivity contribution in [3.63, 3.8) is 0 Å². The summed E-state index contributed by atoms with van der Waals surface area (Å²) in [5.74, 6) is -0.163. The van der Waals surface area contributed by atoms with Gasteiger partial charge in [-0.2, -0.15) is 0 Å². The molecular weight excluding hydrogens is 392 g/mol. The van der Waals surface area contributed by atoms with Crippen molar-refractivity contribution in [3.05, 3.63) is 79.5 Å². The Bertz CT molecular complexity index is 1130. The number of pyridine rings is 1. The molecule has 0 radical (unpaired) electrons. The molecule has 4 nitrogen and oxygen atoms in total. The van der Waals surface area contributed by atoms with Crippen LogP contribution in [0.4, 0.5) is 0 Å². The highest BCUT2D eigenvalue weighted by Gasteiger charge is 2.26. The number of halogens is 1. The Morgan fingerprint density at radius 2 is 1.77 bits per heavy atom. The van der Waals surface area contributed by atoms with E-state index < -0.39 is 0 Å². The highest BCUT2D eigenvalue weighted by Crippen LogP contribution is 2.28. The molecule has 0 fully saturated rings. The Balaban J connectivity index is 1.59. The molecule has 0 atom stereocenters. The lowest BCUT2D eigenvalue weighted by Crippen LogP contribution is -2.38. The summed E-state index contributed by atoms with van der Waals surface area (Å²) in [4.78, 5) is 28.0. The van der Waals surface area contributed by atoms with Crippen LogP contribution in [-0.2, 0) is 25.9 Å². The Morgan fingerprint density at radius 1 is 1.00 bits per heavy atom. The topological polar surface area (TPSA) is 42.3 Å². The molecule has 3 heterocycles. The van der Waals surface area contributed by atoms with E-state index in [9.17, 15) is 9.59 Å². The first kappa shape index (κ1) is 15.8. The van der Waals surface area contributed by atoms with Gasteiger partial charge in [0.15, 0.2) is 0 Å². The Morgan fingerprint density at radius 3 is 2.62 bits per heavy atom. The lowest BCUT2D eigenvalue weighted by molar-refractivity contribution is 0.0733. The van der Waals surface area contributed by atoms with Gasteiger partial charge in [-0.25, -0.2) is 0 Å². The van der Waals surface area contributed by atoms with E-state index in [-0.39, 0.29) is 16.9 Å². The summed E-state index contributed by atoms with van der Waals surface area (Å²) in [6.45, 7) is 2.03. The maximum Gasteiger partial charge on any atom is 0.259 e. The lowest BCUT2D eigenvalue weighted by atomic mass is 9.99. The van der Waals surface area contributed by atoms with Crippen LogP contribution in [0.3, 0.4) is 0 Å². The van der Waals surface area contributed by atoms with E-state index in [0.717, 1.165) is 34.9 Å². The molecule has 2 aromatic carbocycles. The Labute approximate surface area is 159 Å². The average molecular weight is 409 g/mol. The summed E-state index contributed by atoms with van der Waals surface area (Å²) in [7, 11) is 0. The summed E-state index contributed by atoms with van der Waals surface area (Å²) in [5, 5.41) is 0.634. The minimum absolute atomic E-state index is 0.162. The van der Waals surface area contributed by atoms with Crippen LogP contribution in [0.2, 0.25) is 0 Å². The van der Waals surface area contributed by atoms with Crippen LogP contribution in [-0.4, -0.2) is 21.9 Å². The molecule has 0 unspecified atom stereocenters. The third-order valence-electron chi connectivity index (χ3n) is 5.49. The van der Waals surface area contributed by atoms with Gasteiger partial charge >= 0.3 is 0 Å². The summed E-state index contributed by atoms with van der Waals surface area (Å²) in [6, 6.07) is 12.1. The van der Waals surface area contributed by atoms with Gasteiger partial charge < -0.3 is 9.47 Å². The molecule has 0 N–H and O–H groups in total. The van der Waals surface area contributed by atoms with E-state index in [0.29, 0.717) is 18.5 Å². The summed E-state index contributed by atoms with van der Waals surface area (Å²) < 4.78 is 2.95. The van der Waals surface area contributed by atoms with Crippen molar-refractivity contribution < 1.29 is 4.79 Å². The zero-order valence-electron chi connectivity index (χ0n) is 14.2. The van der Waals surface area contributed by atoms with Crippen LogP contribution in [0.5, 0.6) is 0 Å². The first-order valence-electron chi connectivity index (χ1n) is 8.83. The van der Waals surface area contributed by atoms with E-state index in [4.69, 9.17) is 0 Å². The number of carbonyl (C=O) groups excluding carboxylic acids is 1. The molecule has 0 saturated heterocycles. The molecule has 0 spiro atoms. The van der Waals surface area contributed by atoms with Crippen molar-refractivity contribution in [2.45, 2.75) is 25.9 Å². The summed E-state index contributed by atoms with van der Waals surface area (Å²) >= 11 is 3.49. The number of amides is 1. The van der Waals surface area contributed by atoms with Crippen molar-refractivity contribution in [1.82, 2.24) is 9.47 Å². The molecule has 2 aliphatic heterocycles. The second-order valence-electron chi connectivity index (χ2n) is 7.02. The third kappa shape index (κ3) is 2.34. The fourth-order valence-electron chi connectivity index (χ4n) is 4.19. The average Bonchev–Trinajstić information content (AvgIpc) is 3.06. The van der Waals surface area contributed by atoms with Gasteiger partial charge in [0.2, 0.25) is 5.43 Å². The normalized spacial score (nSPS) is 15.3. The standard InChI is InChI=1S/C21H17BrN2O2/c22-16-9-14-6-7-23-12-18(20(25)17(10-16)19(14)23)21(26)24-8-5-13-3-1-2-4-15(13)11-24/h1-4,9-10,12H,5-8,11H2. The Kier molecular flexibility index (Phi) is 3.54. The summed E-state index contributed by atoms with van der Waals surface area (Å²) in [6.07, 6.45) is 3.49. The molecule has 1 amide bonds. The molecule has 5 heteroatoms. The van der Waals surface area contributed by atoms with Crippen molar-refractivity contribution in [3.8, 4) is 0 Å². The zero-order chi connectivity index (χ0) is 17.8. The zero-order valence-corrected chi connectivity index (χ0v) is 15.8. The van der Waals surface area contributed by atoms with Gasteiger partial charge in [0, 0.05) is 35.7 Å². The minimum atomic E-state index is -0.163. The number of nitrogens with zero attached hydrogens (tertiary/aromatic N) is 2. The second-order valence-corrected chi connectivity index (χ2v) is 7.94. The third-order valence-corrected chi connectivity index (χ3v) is 5.94. The van der Waals surface area contributed by atoms with Crippen molar-refractivity contribution in [2.24, 2.45) is 0 Å². The van der Waals surface area contributed by atoms with Gasteiger partial charge in [-0.15, -0.1) is 0 Å². The van der Waals surface area contributed by atoms with Crippen molar-refractivity contribution in [1.29, 1.82) is 0 Å². The van der Waals surface area contributed by atoms with Crippen molar-refractivity contribution in [2.75, 3.05) is 6.54 Å². The van der Waals surface area contributed by atoms with Crippen LogP contribution in [0.25, 0.3) is 10.9 Å². The fourth-order valence-corrected chi connectivity index (χ4v) is 4.70. The monoisotopic (exact) mass is 408 g/mol. The molecule has 0 saturated carbocycles. The number of aromatic nitrogens is 1. The smallest absolute Gasteiger partial charge is 0.259 e. The fraction of sp³-hybridized carbons (Fsp3) is 0.238. The van der Waals surface area contributed by atoms with Gasteiger partial charge in [0.1, 0.15) is 5.56 Å². The van der Waals surface area contributed by atoms with Crippen LogP contribution in [0.15, 0.2) is 51.9 Å². The number of fused-ring (bicyclic) bond motifs is 1. The quantitative estimate of drug-likeness (QED) is 0.617. The van der Waals surface area contributed by atoms with E-state index in [1.807, 2.05) is 18.2 Å². The maximum absolute atomic E-state index is 13.1. The molecule has 3 aromatic rings. The number of hydrogen-bond donors (Lipinski definition) is 0. The van der Waals surface area contributed by atoms with Crippen molar-refractivity contribution >= 4 is 32.7 Å². The van der Waals surface area contributed by atoms with Crippen LogP contribution >= 0.6 is 15.9 Å². The number of carbonyl (C=O) groups is 1. The number of hydrogen-bond acceptors (Lipinski definition) is 2. The Hall–Kier alpha value is -2.40. The minimum Gasteiger partial charge on any atom is -0.346 e. The van der Waals surface area contributed by atoms with Crippen LogP contribution < -0.4 is 5.43 Å². The predicted octanol–water partition coefficient (Wildman–Crippen LogP) is 3.52. The first-order chi connectivity index (χ1) is 12.6. The molecule has 0 bridgehead atoms. The highest BCUT2D eigenvalue weighted by atomic mass is 79.9. The van der Waals surface area contributed by atoms with Crippen LogP contribution in [0, 0.1) is 0 Å². The first-order valence-corrected chi connectivity index (χ1v) is 9.63. The van der Waals surface area contributed by atoms with Gasteiger partial charge in [0.25, 0.3) is 5.91 Å². The molecule has 1 aromatic heterocycles. The lowest BCUT2D eigenvalue weighted by Gasteiger charge is -2.29. The van der Waals surface area contributed by atoms with Gasteiger partial charge in [-0.05, 0) is 41.7 Å². The van der Waals surface area contributed by atoms with Gasteiger partial charge in [-0.3, -0.25) is 9.59 Å².